The summed E-state index contributed by atoms with van der Waals surface area (Å²) < 4.78 is 0. The van der Waals surface area contributed by atoms with Gasteiger partial charge in [0.05, 0.1) is 0 Å². The van der Waals surface area contributed by atoms with Gasteiger partial charge in [0.2, 0.25) is 0 Å². The van der Waals surface area contributed by atoms with E-state index in [1.165, 1.54) is 0 Å². The van der Waals surface area contributed by atoms with E-state index in [0.29, 0.717) is 0 Å². The van der Waals surface area contributed by atoms with Crippen molar-refractivity contribution in [3.05, 3.63) is 11.4 Å². The lowest BCUT2D eigenvalue weighted by Gasteiger charge is -2.22. The molecule has 0 aliphatic heterocycles. The molecule has 0 bridgehead atoms. The number of nitrogens with zero attached hydrogens (tertiary/aromatic N) is 3. The lowest BCUT2D eigenvalue weighted by molar-refractivity contribution is 0.290. The first-order chi connectivity index (χ1) is 8.63. The summed E-state index contributed by atoms with van der Waals surface area (Å²) >= 11 is 0. The highest BCUT2D eigenvalue weighted by Gasteiger charge is 2.13. The van der Waals surface area contributed by atoms with Gasteiger partial charge in [-0.1, -0.05) is 6.92 Å². The average molecular weight is 252 g/mol. The van der Waals surface area contributed by atoms with Crippen LogP contribution in [0.4, 0.5) is 11.6 Å². The second kappa shape index (κ2) is 7.16. The van der Waals surface area contributed by atoms with E-state index >= 15 is 0 Å². The minimum absolute atomic E-state index is 0.204. The van der Waals surface area contributed by atoms with Gasteiger partial charge in [-0.15, -0.1) is 0 Å². The normalized spacial score (nSPS) is 10.5. The van der Waals surface area contributed by atoms with Crippen molar-refractivity contribution in [1.29, 1.82) is 0 Å². The predicted octanol–water partition coefficient (Wildman–Crippen LogP) is 1.60. The first-order valence-corrected chi connectivity index (χ1v) is 6.57. The molecule has 18 heavy (non-hydrogen) atoms. The molecule has 1 aromatic heterocycles. The molecule has 2 N–H and O–H groups in total. The van der Waals surface area contributed by atoms with Crippen molar-refractivity contribution in [2.75, 3.05) is 37.0 Å². The first-order valence-electron chi connectivity index (χ1n) is 6.57. The van der Waals surface area contributed by atoms with E-state index in [1.54, 1.807) is 0 Å². The van der Waals surface area contributed by atoms with Crippen LogP contribution in [0.1, 0.15) is 31.7 Å². The maximum absolute atomic E-state index is 8.90. The molecule has 5 heteroatoms. The topological polar surface area (TPSA) is 61.3 Å². The Labute approximate surface area is 109 Å². The Morgan fingerprint density at radius 1 is 1.28 bits per heavy atom. The minimum Gasteiger partial charge on any atom is -0.396 e. The van der Waals surface area contributed by atoms with Crippen molar-refractivity contribution in [3.63, 3.8) is 0 Å². The second-order valence-corrected chi connectivity index (χ2v) is 4.32. The molecule has 1 heterocycles. The smallest absolute Gasteiger partial charge is 0.137 e. The van der Waals surface area contributed by atoms with Gasteiger partial charge in [-0.3, -0.25) is 0 Å². The Bertz CT molecular complexity index is 381. The summed E-state index contributed by atoms with van der Waals surface area (Å²) in [5, 5.41) is 12.2. The number of hydrogen-bond donors (Lipinski definition) is 2. The number of aliphatic hydroxyl groups excluding tert-OH is 1. The molecule has 0 radical (unpaired) electrons. The molecular formula is C13H24N4O. The predicted molar refractivity (Wildman–Crippen MR) is 75.3 cm³/mol. The van der Waals surface area contributed by atoms with Crippen LogP contribution in [-0.4, -0.2) is 41.8 Å². The van der Waals surface area contributed by atoms with Gasteiger partial charge in [-0.05, 0) is 20.3 Å². The van der Waals surface area contributed by atoms with Crippen LogP contribution >= 0.6 is 0 Å². The lowest BCUT2D eigenvalue weighted by Crippen LogP contribution is -2.23. The van der Waals surface area contributed by atoms with Gasteiger partial charge in [0.15, 0.2) is 0 Å². The van der Waals surface area contributed by atoms with E-state index in [4.69, 9.17) is 5.11 Å². The van der Waals surface area contributed by atoms with Crippen LogP contribution in [-0.2, 0) is 6.42 Å². The summed E-state index contributed by atoms with van der Waals surface area (Å²) in [6.07, 6.45) is 1.57. The molecule has 0 spiro atoms. The number of aromatic nitrogens is 2. The van der Waals surface area contributed by atoms with E-state index in [-0.39, 0.29) is 6.61 Å². The largest absolute Gasteiger partial charge is 0.396 e. The summed E-state index contributed by atoms with van der Waals surface area (Å²) in [7, 11) is 2.00. The average Bonchev–Trinajstić information content (AvgIpc) is 2.38. The van der Waals surface area contributed by atoms with Gasteiger partial charge < -0.3 is 15.3 Å². The number of hydrogen-bond acceptors (Lipinski definition) is 5. The molecule has 1 rings (SSSR count). The molecule has 0 aliphatic rings. The second-order valence-electron chi connectivity index (χ2n) is 4.32. The summed E-state index contributed by atoms with van der Waals surface area (Å²) in [6.45, 7) is 7.99. The summed E-state index contributed by atoms with van der Waals surface area (Å²) in [5.41, 5.74) is 1.06. The Hall–Kier alpha value is -1.36. The maximum atomic E-state index is 8.90. The van der Waals surface area contributed by atoms with E-state index < -0.39 is 0 Å². The molecule has 5 nitrogen and oxygen atoms in total. The van der Waals surface area contributed by atoms with Gasteiger partial charge >= 0.3 is 0 Å². The zero-order valence-electron chi connectivity index (χ0n) is 11.8. The highest BCUT2D eigenvalue weighted by atomic mass is 16.3. The highest BCUT2D eigenvalue weighted by Crippen LogP contribution is 2.23. The van der Waals surface area contributed by atoms with Crippen molar-refractivity contribution in [2.24, 2.45) is 0 Å². The first kappa shape index (κ1) is 14.7. The van der Waals surface area contributed by atoms with Crippen LogP contribution in [0.5, 0.6) is 0 Å². The van der Waals surface area contributed by atoms with Crippen LogP contribution in [0, 0.1) is 6.92 Å². The summed E-state index contributed by atoms with van der Waals surface area (Å²) in [4.78, 5) is 11.2. The number of anilines is 2. The SMILES string of the molecule is CCNc1nc(CC)nc(N(C)CCCO)c1C. The van der Waals surface area contributed by atoms with Gasteiger partial charge in [-0.2, -0.15) is 0 Å². The molecule has 0 atom stereocenters. The highest BCUT2D eigenvalue weighted by molar-refractivity contribution is 5.58. The molecule has 1 aromatic rings. The Balaban J connectivity index is 3.04. The fraction of sp³-hybridized carbons (Fsp3) is 0.692. The molecule has 0 aliphatic carbocycles. The summed E-state index contributed by atoms with van der Waals surface area (Å²) in [6, 6.07) is 0. The number of aryl methyl sites for hydroxylation is 1. The molecule has 0 saturated heterocycles. The standard InChI is InChI=1S/C13H24N4O/c1-5-11-15-12(14-6-2)10(3)13(16-11)17(4)8-7-9-18/h18H,5-9H2,1-4H3,(H,14,15,16). The molecule has 0 aromatic carbocycles. The molecule has 0 unspecified atom stereocenters. The quantitative estimate of drug-likeness (QED) is 0.772. The number of aliphatic hydroxyl groups is 1. The van der Waals surface area contributed by atoms with Crippen LogP contribution in [0.2, 0.25) is 0 Å². The van der Waals surface area contributed by atoms with Crippen molar-refractivity contribution < 1.29 is 5.11 Å². The fourth-order valence-corrected chi connectivity index (χ4v) is 1.83. The third-order valence-corrected chi connectivity index (χ3v) is 2.84. The zero-order chi connectivity index (χ0) is 13.5. The maximum Gasteiger partial charge on any atom is 0.137 e. The third-order valence-electron chi connectivity index (χ3n) is 2.84. The van der Waals surface area contributed by atoms with Gasteiger partial charge in [0.25, 0.3) is 0 Å². The van der Waals surface area contributed by atoms with Crippen molar-refractivity contribution >= 4 is 11.6 Å². The Morgan fingerprint density at radius 2 is 2.00 bits per heavy atom. The Kier molecular flexibility index (Phi) is 5.85. The van der Waals surface area contributed by atoms with Crippen LogP contribution in [0.15, 0.2) is 0 Å². The van der Waals surface area contributed by atoms with E-state index in [1.807, 2.05) is 14.0 Å². The van der Waals surface area contributed by atoms with Crippen molar-refractivity contribution in [3.8, 4) is 0 Å². The van der Waals surface area contributed by atoms with Gasteiger partial charge in [-0.25, -0.2) is 9.97 Å². The minimum atomic E-state index is 0.204. The van der Waals surface area contributed by atoms with Gasteiger partial charge in [0, 0.05) is 38.7 Å². The number of nitrogens with one attached hydrogen (secondary N) is 1. The van der Waals surface area contributed by atoms with Gasteiger partial charge in [0.1, 0.15) is 17.5 Å². The van der Waals surface area contributed by atoms with Crippen LogP contribution < -0.4 is 10.2 Å². The summed E-state index contributed by atoms with van der Waals surface area (Å²) in [5.74, 6) is 2.71. The molecular weight excluding hydrogens is 228 g/mol. The third kappa shape index (κ3) is 3.57. The molecule has 102 valence electrons. The fourth-order valence-electron chi connectivity index (χ4n) is 1.83. The van der Waals surface area contributed by atoms with Crippen molar-refractivity contribution in [1.82, 2.24) is 9.97 Å². The van der Waals surface area contributed by atoms with Crippen LogP contribution in [0.3, 0.4) is 0 Å². The number of rotatable bonds is 7. The zero-order valence-corrected chi connectivity index (χ0v) is 11.8. The molecule has 0 amide bonds. The Morgan fingerprint density at radius 3 is 2.56 bits per heavy atom. The van der Waals surface area contributed by atoms with E-state index in [9.17, 15) is 0 Å². The van der Waals surface area contributed by atoms with E-state index in [0.717, 1.165) is 49.0 Å². The molecule has 0 fully saturated rings. The van der Waals surface area contributed by atoms with Crippen LogP contribution in [0.25, 0.3) is 0 Å². The molecule has 0 saturated carbocycles. The monoisotopic (exact) mass is 252 g/mol. The van der Waals surface area contributed by atoms with Crippen molar-refractivity contribution in [2.45, 2.75) is 33.6 Å². The van der Waals surface area contributed by atoms with E-state index in [2.05, 4.69) is 34.0 Å². The lowest BCUT2D eigenvalue weighted by atomic mass is 10.2.